The van der Waals surface area contributed by atoms with Gasteiger partial charge in [-0.25, -0.2) is 9.97 Å². The van der Waals surface area contributed by atoms with Gasteiger partial charge in [-0.15, -0.1) is 0 Å². The predicted octanol–water partition coefficient (Wildman–Crippen LogP) is 6.37. The van der Waals surface area contributed by atoms with Crippen molar-refractivity contribution in [2.45, 2.75) is 78.8 Å². The van der Waals surface area contributed by atoms with Gasteiger partial charge < -0.3 is 4.74 Å². The lowest BCUT2D eigenvalue weighted by Crippen LogP contribution is -2.27. The van der Waals surface area contributed by atoms with Crippen molar-refractivity contribution in [3.63, 3.8) is 0 Å². The zero-order valence-electron chi connectivity index (χ0n) is 21.2. The number of aromatic nitrogens is 2. The van der Waals surface area contributed by atoms with E-state index in [1.54, 1.807) is 30.2 Å². The molecule has 0 N–H and O–H groups in total. The summed E-state index contributed by atoms with van der Waals surface area (Å²) < 4.78 is 6.01. The zero-order valence-corrected chi connectivity index (χ0v) is 22.1. The number of hydrogen-bond donors (Lipinski definition) is 0. The molecule has 3 rings (SSSR count). The molecule has 1 aromatic carbocycles. The van der Waals surface area contributed by atoms with Crippen LogP contribution < -0.4 is 0 Å². The molecular formula is C28H36N2O3S. The van der Waals surface area contributed by atoms with Gasteiger partial charge in [0.15, 0.2) is 10.9 Å². The average Bonchev–Trinajstić information content (AvgIpc) is 2.79. The van der Waals surface area contributed by atoms with Crippen LogP contribution >= 0.6 is 11.8 Å². The molecule has 0 saturated heterocycles. The quantitative estimate of drug-likeness (QED) is 0.248. The van der Waals surface area contributed by atoms with Crippen molar-refractivity contribution in [2.75, 3.05) is 5.75 Å². The molecule has 0 bridgehead atoms. The van der Waals surface area contributed by atoms with E-state index in [9.17, 15) is 9.59 Å². The average molecular weight is 481 g/mol. The first kappa shape index (κ1) is 26.1. The Hall–Kier alpha value is -2.47. The van der Waals surface area contributed by atoms with Crippen LogP contribution in [0.4, 0.5) is 0 Å². The number of carbonyl (C=O) groups excluding carboxylic acids is 2. The van der Waals surface area contributed by atoms with E-state index in [0.717, 1.165) is 46.9 Å². The van der Waals surface area contributed by atoms with Gasteiger partial charge in [-0.2, -0.15) is 0 Å². The molecule has 0 amide bonds. The molecule has 34 heavy (non-hydrogen) atoms. The molecule has 0 spiro atoms. The maximum absolute atomic E-state index is 13.6. The number of aryl methyl sites for hydroxylation is 3. The van der Waals surface area contributed by atoms with Crippen molar-refractivity contribution < 1.29 is 14.3 Å². The standard InChI is InChI=1S/C28H36N2O3S/c1-7-20-14-18(3)15-21(8-2)24(20)25-22(31)16-19(10-13-34-27-29-11-9-12-30-27)17-23(25)33-26(32)28(4,5)6/h9,11-12,14-15,19H,7-8,10,13,16-17H2,1-6H3. The lowest BCUT2D eigenvalue weighted by Gasteiger charge is -2.29. The predicted molar refractivity (Wildman–Crippen MR) is 138 cm³/mol. The van der Waals surface area contributed by atoms with Crippen LogP contribution in [0.25, 0.3) is 5.57 Å². The molecule has 5 nitrogen and oxygen atoms in total. The molecular weight excluding hydrogens is 444 g/mol. The van der Waals surface area contributed by atoms with Gasteiger partial charge in [0.2, 0.25) is 0 Å². The number of carbonyl (C=O) groups is 2. The fraction of sp³-hybridized carbons (Fsp3) is 0.500. The van der Waals surface area contributed by atoms with E-state index in [-0.39, 0.29) is 17.7 Å². The maximum Gasteiger partial charge on any atom is 0.316 e. The SMILES string of the molecule is CCc1cc(C)cc(CC)c1C1=C(OC(=O)C(C)(C)C)CC(CCSc2ncccn2)CC1=O. The van der Waals surface area contributed by atoms with Crippen molar-refractivity contribution >= 4 is 29.1 Å². The van der Waals surface area contributed by atoms with Crippen molar-refractivity contribution in [3.8, 4) is 0 Å². The number of benzene rings is 1. The summed E-state index contributed by atoms with van der Waals surface area (Å²) >= 11 is 1.59. The lowest BCUT2D eigenvalue weighted by molar-refractivity contribution is -0.148. The van der Waals surface area contributed by atoms with Crippen LogP contribution in [0.2, 0.25) is 0 Å². The highest BCUT2D eigenvalue weighted by Crippen LogP contribution is 2.40. The molecule has 0 fully saturated rings. The van der Waals surface area contributed by atoms with E-state index in [1.165, 1.54) is 5.56 Å². The van der Waals surface area contributed by atoms with E-state index in [0.29, 0.717) is 24.2 Å². The molecule has 0 aliphatic heterocycles. The number of rotatable bonds is 8. The largest absolute Gasteiger partial charge is 0.430 e. The second kappa shape index (κ2) is 11.3. The normalized spacial score (nSPS) is 16.6. The van der Waals surface area contributed by atoms with E-state index >= 15 is 0 Å². The Bertz CT molecular complexity index is 1050. The highest BCUT2D eigenvalue weighted by atomic mass is 32.2. The maximum atomic E-state index is 13.6. The van der Waals surface area contributed by atoms with Crippen LogP contribution in [0.15, 0.2) is 41.5 Å². The molecule has 2 aromatic rings. The van der Waals surface area contributed by atoms with Crippen LogP contribution in [0.3, 0.4) is 0 Å². The van der Waals surface area contributed by atoms with E-state index in [4.69, 9.17) is 4.74 Å². The van der Waals surface area contributed by atoms with Crippen LogP contribution in [-0.4, -0.2) is 27.5 Å². The van der Waals surface area contributed by atoms with E-state index in [2.05, 4.69) is 42.9 Å². The highest BCUT2D eigenvalue weighted by Gasteiger charge is 2.35. The number of nitrogens with zero attached hydrogens (tertiary/aromatic N) is 2. The minimum Gasteiger partial charge on any atom is -0.430 e. The van der Waals surface area contributed by atoms with Crippen molar-refractivity contribution in [1.29, 1.82) is 0 Å². The van der Waals surface area contributed by atoms with Gasteiger partial charge in [-0.05, 0) is 75.6 Å². The summed E-state index contributed by atoms with van der Waals surface area (Å²) in [5.74, 6) is 1.24. The van der Waals surface area contributed by atoms with Crippen molar-refractivity contribution in [1.82, 2.24) is 9.97 Å². The third-order valence-corrected chi connectivity index (χ3v) is 7.00. The first-order valence-corrected chi connectivity index (χ1v) is 13.1. The third kappa shape index (κ3) is 6.35. The van der Waals surface area contributed by atoms with Crippen LogP contribution in [-0.2, 0) is 27.2 Å². The van der Waals surface area contributed by atoms with Crippen LogP contribution in [0.5, 0.6) is 0 Å². The smallest absolute Gasteiger partial charge is 0.316 e. The van der Waals surface area contributed by atoms with E-state index in [1.807, 2.05) is 20.8 Å². The minimum atomic E-state index is -0.650. The van der Waals surface area contributed by atoms with Crippen LogP contribution in [0, 0.1) is 18.3 Å². The molecule has 182 valence electrons. The van der Waals surface area contributed by atoms with Gasteiger partial charge in [-0.3, -0.25) is 9.59 Å². The number of ketones is 1. The molecule has 1 aliphatic rings. The van der Waals surface area contributed by atoms with Gasteiger partial charge in [0.1, 0.15) is 5.76 Å². The summed E-state index contributed by atoms with van der Waals surface area (Å²) in [5.41, 5.74) is 4.40. The highest BCUT2D eigenvalue weighted by molar-refractivity contribution is 7.99. The van der Waals surface area contributed by atoms with Crippen molar-refractivity contribution in [3.05, 3.63) is 58.6 Å². The topological polar surface area (TPSA) is 69.2 Å². The molecule has 1 aromatic heterocycles. The minimum absolute atomic E-state index is 0.0715. The number of hydrogen-bond acceptors (Lipinski definition) is 6. The summed E-state index contributed by atoms with van der Waals surface area (Å²) in [4.78, 5) is 35.0. The van der Waals surface area contributed by atoms with Crippen molar-refractivity contribution in [2.24, 2.45) is 11.3 Å². The summed E-state index contributed by atoms with van der Waals surface area (Å²) in [6, 6.07) is 6.10. The van der Waals surface area contributed by atoms with Gasteiger partial charge in [-0.1, -0.05) is 43.3 Å². The second-order valence-corrected chi connectivity index (χ2v) is 11.0. The van der Waals surface area contributed by atoms with Crippen LogP contribution in [0.1, 0.15) is 76.1 Å². The molecule has 1 aliphatic carbocycles. The summed E-state index contributed by atoms with van der Waals surface area (Å²) in [5, 5.41) is 0.736. The summed E-state index contributed by atoms with van der Waals surface area (Å²) in [7, 11) is 0. The zero-order chi connectivity index (χ0) is 24.9. The fourth-order valence-corrected chi connectivity index (χ4v) is 5.20. The molecule has 1 heterocycles. The number of allylic oxidation sites excluding steroid dienone is 2. The Morgan fingerprint density at radius 2 is 1.71 bits per heavy atom. The first-order chi connectivity index (χ1) is 16.1. The fourth-order valence-electron chi connectivity index (χ4n) is 4.29. The molecule has 1 unspecified atom stereocenters. The second-order valence-electron chi connectivity index (χ2n) is 9.97. The Morgan fingerprint density at radius 1 is 1.09 bits per heavy atom. The number of Topliss-reactive ketones (excluding diaryl/α,β-unsaturated/α-hetero) is 1. The lowest BCUT2D eigenvalue weighted by atomic mass is 9.79. The number of esters is 1. The number of ether oxygens (including phenoxy) is 1. The van der Waals surface area contributed by atoms with E-state index < -0.39 is 5.41 Å². The first-order valence-electron chi connectivity index (χ1n) is 12.1. The molecule has 0 radical (unpaired) electrons. The van der Waals surface area contributed by atoms with Gasteiger partial charge in [0.25, 0.3) is 0 Å². The molecule has 6 heteroatoms. The Balaban J connectivity index is 1.96. The molecule has 1 atom stereocenters. The van der Waals surface area contributed by atoms with Gasteiger partial charge >= 0.3 is 5.97 Å². The third-order valence-electron chi connectivity index (χ3n) is 6.09. The molecule has 0 saturated carbocycles. The summed E-state index contributed by atoms with van der Waals surface area (Å²) in [6.07, 6.45) is 6.97. The Kier molecular flexibility index (Phi) is 8.69. The van der Waals surface area contributed by atoms with Gasteiger partial charge in [0, 0.05) is 31.0 Å². The Labute approximate surface area is 207 Å². The Morgan fingerprint density at radius 3 is 2.26 bits per heavy atom. The monoisotopic (exact) mass is 480 g/mol. The number of thioether (sulfide) groups is 1. The summed E-state index contributed by atoms with van der Waals surface area (Å²) in [6.45, 7) is 11.8. The van der Waals surface area contributed by atoms with Gasteiger partial charge in [0.05, 0.1) is 11.0 Å².